The van der Waals surface area contributed by atoms with Gasteiger partial charge in [-0.25, -0.2) is 0 Å². The number of fused-ring (bicyclic) bond motifs is 3. The molecule has 0 radical (unpaired) electrons. The lowest BCUT2D eigenvalue weighted by atomic mass is 9.96. The Morgan fingerprint density at radius 3 is 2.58 bits per heavy atom. The predicted octanol–water partition coefficient (Wildman–Crippen LogP) is 4.29. The van der Waals surface area contributed by atoms with E-state index < -0.39 is 0 Å². The zero-order valence-corrected chi connectivity index (χ0v) is 11.3. The second kappa shape index (κ2) is 4.32. The van der Waals surface area contributed by atoms with Gasteiger partial charge in [0.15, 0.2) is 0 Å². The van der Waals surface area contributed by atoms with Crippen molar-refractivity contribution in [2.24, 2.45) is 4.99 Å². The van der Waals surface area contributed by atoms with Crippen molar-refractivity contribution in [2.75, 3.05) is 6.54 Å². The zero-order valence-electron chi connectivity index (χ0n) is 10.5. The smallest absolute Gasteiger partial charge is 0.0736 e. The average molecular weight is 263 g/mol. The summed E-state index contributed by atoms with van der Waals surface area (Å²) in [5, 5.41) is 1.35. The van der Waals surface area contributed by atoms with E-state index in [1.807, 2.05) is 11.3 Å². The van der Waals surface area contributed by atoms with E-state index >= 15 is 0 Å². The Hall–Kier alpha value is -1.93. The van der Waals surface area contributed by atoms with Crippen LogP contribution >= 0.6 is 11.3 Å². The molecule has 0 N–H and O–H groups in total. The molecule has 1 aliphatic rings. The first kappa shape index (κ1) is 10.9. The van der Waals surface area contributed by atoms with E-state index in [1.165, 1.54) is 31.8 Å². The Labute approximate surface area is 116 Å². The van der Waals surface area contributed by atoms with Crippen LogP contribution in [-0.4, -0.2) is 12.3 Å². The summed E-state index contributed by atoms with van der Waals surface area (Å²) in [7, 11) is 0. The van der Waals surface area contributed by atoms with Crippen LogP contribution in [0.2, 0.25) is 0 Å². The summed E-state index contributed by atoms with van der Waals surface area (Å²) < 4.78 is 1.37. The largest absolute Gasteiger partial charge is 0.284 e. The molecule has 1 aliphatic heterocycles. The van der Waals surface area contributed by atoms with E-state index in [4.69, 9.17) is 4.99 Å². The summed E-state index contributed by atoms with van der Waals surface area (Å²) in [6, 6.07) is 19.2. The molecular weight excluding hydrogens is 250 g/mol. The minimum Gasteiger partial charge on any atom is -0.284 e. The third kappa shape index (κ3) is 1.71. The van der Waals surface area contributed by atoms with Crippen LogP contribution in [0.1, 0.15) is 16.0 Å². The molecule has 0 atom stereocenters. The van der Waals surface area contributed by atoms with Gasteiger partial charge >= 0.3 is 0 Å². The van der Waals surface area contributed by atoms with Crippen molar-refractivity contribution in [1.29, 1.82) is 0 Å². The van der Waals surface area contributed by atoms with Crippen LogP contribution < -0.4 is 0 Å². The first-order valence-corrected chi connectivity index (χ1v) is 7.36. The van der Waals surface area contributed by atoms with E-state index in [0.29, 0.717) is 0 Å². The lowest BCUT2D eigenvalue weighted by molar-refractivity contribution is 0.967. The minimum absolute atomic E-state index is 0.907. The van der Waals surface area contributed by atoms with Gasteiger partial charge in [0, 0.05) is 39.1 Å². The summed E-state index contributed by atoms with van der Waals surface area (Å²) >= 11 is 1.92. The average Bonchev–Trinajstić information content (AvgIpc) is 2.86. The Morgan fingerprint density at radius 2 is 1.68 bits per heavy atom. The van der Waals surface area contributed by atoms with Crippen molar-refractivity contribution in [1.82, 2.24) is 0 Å². The number of thiophene rings is 1. The number of hydrogen-bond donors (Lipinski definition) is 0. The van der Waals surface area contributed by atoms with Crippen molar-refractivity contribution in [3.8, 4) is 0 Å². The fourth-order valence-corrected chi connectivity index (χ4v) is 3.91. The van der Waals surface area contributed by atoms with E-state index in [0.717, 1.165) is 13.0 Å². The van der Waals surface area contributed by atoms with Crippen LogP contribution in [0.25, 0.3) is 10.1 Å². The van der Waals surface area contributed by atoms with Gasteiger partial charge in [0.05, 0.1) is 5.71 Å². The van der Waals surface area contributed by atoms with E-state index in [2.05, 4.69) is 54.6 Å². The van der Waals surface area contributed by atoms with Crippen molar-refractivity contribution < 1.29 is 0 Å². The SMILES string of the molecule is c1ccc(C2=NCCc3sc4ccccc4c32)cc1. The maximum Gasteiger partial charge on any atom is 0.0736 e. The van der Waals surface area contributed by atoms with Crippen LogP contribution in [0.4, 0.5) is 0 Å². The normalized spacial score (nSPS) is 14.2. The summed E-state index contributed by atoms with van der Waals surface area (Å²) in [6.45, 7) is 0.907. The molecule has 2 heterocycles. The number of aliphatic imine (C=N–C) groups is 1. The van der Waals surface area contributed by atoms with Gasteiger partial charge in [0.25, 0.3) is 0 Å². The second-order valence-corrected chi connectivity index (χ2v) is 5.88. The summed E-state index contributed by atoms with van der Waals surface area (Å²) in [4.78, 5) is 6.27. The van der Waals surface area contributed by atoms with Crippen LogP contribution in [-0.2, 0) is 6.42 Å². The maximum atomic E-state index is 4.79. The summed E-state index contributed by atoms with van der Waals surface area (Å²) in [5.74, 6) is 0. The highest BCUT2D eigenvalue weighted by atomic mass is 32.1. The second-order valence-electron chi connectivity index (χ2n) is 4.74. The van der Waals surface area contributed by atoms with Crippen LogP contribution in [0.3, 0.4) is 0 Å². The van der Waals surface area contributed by atoms with E-state index in [1.54, 1.807) is 0 Å². The van der Waals surface area contributed by atoms with Gasteiger partial charge in [-0.05, 0) is 6.07 Å². The summed E-state index contributed by atoms with van der Waals surface area (Å²) in [6.07, 6.45) is 1.07. The Balaban J connectivity index is 2.00. The predicted molar refractivity (Wildman–Crippen MR) is 82.5 cm³/mol. The highest BCUT2D eigenvalue weighted by Crippen LogP contribution is 2.35. The lowest BCUT2D eigenvalue weighted by Gasteiger charge is -2.13. The van der Waals surface area contributed by atoms with Crippen molar-refractivity contribution >= 4 is 27.1 Å². The summed E-state index contributed by atoms with van der Waals surface area (Å²) in [5.41, 5.74) is 3.75. The first-order chi connectivity index (χ1) is 9.43. The molecule has 0 bridgehead atoms. The molecule has 1 aromatic heterocycles. The molecule has 3 aromatic rings. The highest BCUT2D eigenvalue weighted by molar-refractivity contribution is 7.19. The fraction of sp³-hybridized carbons (Fsp3) is 0.118. The third-order valence-electron chi connectivity index (χ3n) is 3.56. The molecule has 0 saturated heterocycles. The van der Waals surface area contributed by atoms with Gasteiger partial charge in [0.1, 0.15) is 0 Å². The molecule has 0 saturated carbocycles. The number of benzene rings is 2. The van der Waals surface area contributed by atoms with Gasteiger partial charge in [-0.2, -0.15) is 0 Å². The molecule has 0 unspecified atom stereocenters. The quantitative estimate of drug-likeness (QED) is 0.621. The van der Waals surface area contributed by atoms with Gasteiger partial charge in [-0.1, -0.05) is 48.5 Å². The molecule has 2 heteroatoms. The monoisotopic (exact) mass is 263 g/mol. The van der Waals surface area contributed by atoms with Crippen molar-refractivity contribution in [2.45, 2.75) is 6.42 Å². The van der Waals surface area contributed by atoms with E-state index in [-0.39, 0.29) is 0 Å². The van der Waals surface area contributed by atoms with Gasteiger partial charge in [-0.3, -0.25) is 4.99 Å². The number of nitrogens with zero attached hydrogens (tertiary/aromatic N) is 1. The van der Waals surface area contributed by atoms with Gasteiger partial charge < -0.3 is 0 Å². The van der Waals surface area contributed by atoms with Crippen LogP contribution in [0.15, 0.2) is 59.6 Å². The topological polar surface area (TPSA) is 12.4 Å². The maximum absolute atomic E-state index is 4.79. The Morgan fingerprint density at radius 1 is 0.895 bits per heavy atom. The van der Waals surface area contributed by atoms with Crippen molar-refractivity contribution in [3.05, 3.63) is 70.6 Å². The molecule has 4 rings (SSSR count). The van der Waals surface area contributed by atoms with E-state index in [9.17, 15) is 0 Å². The third-order valence-corrected chi connectivity index (χ3v) is 4.79. The number of hydrogen-bond acceptors (Lipinski definition) is 2. The lowest BCUT2D eigenvalue weighted by Crippen LogP contribution is -2.11. The Kier molecular flexibility index (Phi) is 2.49. The molecule has 0 spiro atoms. The fourth-order valence-electron chi connectivity index (χ4n) is 2.71. The molecule has 2 aromatic carbocycles. The molecule has 19 heavy (non-hydrogen) atoms. The Bertz CT molecular complexity index is 768. The highest BCUT2D eigenvalue weighted by Gasteiger charge is 2.20. The van der Waals surface area contributed by atoms with Crippen molar-refractivity contribution in [3.63, 3.8) is 0 Å². The molecule has 0 amide bonds. The molecule has 92 valence electrons. The van der Waals surface area contributed by atoms with Crippen LogP contribution in [0, 0.1) is 0 Å². The van der Waals surface area contributed by atoms with Gasteiger partial charge in [-0.15, -0.1) is 11.3 Å². The van der Waals surface area contributed by atoms with Gasteiger partial charge in [0.2, 0.25) is 0 Å². The number of rotatable bonds is 1. The van der Waals surface area contributed by atoms with Crippen LogP contribution in [0.5, 0.6) is 0 Å². The molecule has 0 fully saturated rings. The molecule has 1 nitrogen and oxygen atoms in total. The standard InChI is InChI=1S/C17H13NS/c1-2-6-12(7-3-1)17-16-13-8-4-5-9-14(13)19-15(16)10-11-18-17/h1-9H,10-11H2. The minimum atomic E-state index is 0.907. The first-order valence-electron chi connectivity index (χ1n) is 6.54. The zero-order chi connectivity index (χ0) is 12.7. The molecular formula is C17H13NS. The molecule has 0 aliphatic carbocycles.